The van der Waals surface area contributed by atoms with Crippen LogP contribution in [0.3, 0.4) is 0 Å². The highest BCUT2D eigenvalue weighted by Crippen LogP contribution is 2.38. The molecule has 3 atom stereocenters. The second-order valence-corrected chi connectivity index (χ2v) is 16.0. The molecule has 2 N–H and O–H groups in total. The molecule has 51 heavy (non-hydrogen) atoms. The van der Waals surface area contributed by atoms with Crippen LogP contribution in [0.25, 0.3) is 0 Å². The molecule has 0 heterocycles. The van der Waals surface area contributed by atoms with Gasteiger partial charge in [0.25, 0.3) is 7.82 Å². The lowest BCUT2D eigenvalue weighted by atomic mass is 10.1. The zero-order valence-electron chi connectivity index (χ0n) is 33.3. The summed E-state index contributed by atoms with van der Waals surface area (Å²) in [6.07, 6.45) is 42.7. The highest BCUT2D eigenvalue weighted by atomic mass is 31.2. The molecule has 9 heteroatoms. The molecule has 3 unspecified atom stereocenters. The molecule has 0 aliphatic heterocycles. The predicted molar refractivity (Wildman–Crippen MR) is 214 cm³/mol. The average molecular weight is 737 g/mol. The maximum absolute atomic E-state index is 12.8. The van der Waals surface area contributed by atoms with Gasteiger partial charge in [0, 0.05) is 6.42 Å². The highest BCUT2D eigenvalue weighted by molar-refractivity contribution is 7.45. The Bertz CT molecular complexity index is 1020. The summed E-state index contributed by atoms with van der Waals surface area (Å²) in [5.41, 5.74) is 0. The van der Waals surface area contributed by atoms with Gasteiger partial charge in [0.1, 0.15) is 13.2 Å². The maximum Gasteiger partial charge on any atom is 0.268 e. The SMILES string of the molecule is CCCCC/C=C\C/C=C\C/C=C\CCCCCCCCC(=O)NC(COP(=O)([O-])OCC[N+](C)(C)C)C(O)/C=C/CC/C=C/CCCCCC. The molecule has 8 nitrogen and oxygen atoms in total. The zero-order chi connectivity index (χ0) is 37.9. The van der Waals surface area contributed by atoms with E-state index in [9.17, 15) is 19.4 Å². The van der Waals surface area contributed by atoms with Crippen LogP contribution in [-0.4, -0.2) is 68.5 Å². The van der Waals surface area contributed by atoms with E-state index in [2.05, 4.69) is 67.8 Å². The Morgan fingerprint density at radius 2 is 1.16 bits per heavy atom. The summed E-state index contributed by atoms with van der Waals surface area (Å²) in [6, 6.07) is -0.909. The van der Waals surface area contributed by atoms with Gasteiger partial charge >= 0.3 is 0 Å². The van der Waals surface area contributed by atoms with Crippen molar-refractivity contribution in [2.45, 2.75) is 161 Å². The second-order valence-electron chi connectivity index (χ2n) is 14.6. The lowest BCUT2D eigenvalue weighted by Gasteiger charge is -2.29. The number of nitrogens with zero attached hydrogens (tertiary/aromatic N) is 1. The van der Waals surface area contributed by atoms with E-state index in [1.54, 1.807) is 6.08 Å². The first-order valence-electron chi connectivity index (χ1n) is 20.2. The highest BCUT2D eigenvalue weighted by Gasteiger charge is 2.23. The van der Waals surface area contributed by atoms with Crippen molar-refractivity contribution in [1.82, 2.24) is 5.32 Å². The van der Waals surface area contributed by atoms with Gasteiger partial charge in [-0.25, -0.2) is 0 Å². The largest absolute Gasteiger partial charge is 0.756 e. The number of unbranched alkanes of at least 4 members (excludes halogenated alkanes) is 14. The molecule has 0 spiro atoms. The van der Waals surface area contributed by atoms with Crippen molar-refractivity contribution in [1.29, 1.82) is 0 Å². The topological polar surface area (TPSA) is 108 Å². The van der Waals surface area contributed by atoms with E-state index < -0.39 is 26.6 Å². The number of amides is 1. The molecule has 0 aliphatic rings. The lowest BCUT2D eigenvalue weighted by Crippen LogP contribution is -2.45. The van der Waals surface area contributed by atoms with Gasteiger partial charge in [-0.1, -0.05) is 132 Å². The van der Waals surface area contributed by atoms with Gasteiger partial charge in [-0.15, -0.1) is 0 Å². The summed E-state index contributed by atoms with van der Waals surface area (Å²) in [5.74, 6) is -0.226. The first-order chi connectivity index (χ1) is 24.5. The number of carbonyl (C=O) groups excluding carboxylic acids is 1. The summed E-state index contributed by atoms with van der Waals surface area (Å²) in [5, 5.41) is 13.7. The molecule has 0 fully saturated rings. The molecule has 1 amide bonds. The van der Waals surface area contributed by atoms with Gasteiger partial charge < -0.3 is 28.8 Å². The molecule has 0 radical (unpaired) electrons. The average Bonchev–Trinajstić information content (AvgIpc) is 3.07. The number of phosphoric acid groups is 1. The van der Waals surface area contributed by atoms with Gasteiger partial charge in [-0.05, 0) is 70.6 Å². The van der Waals surface area contributed by atoms with E-state index in [1.807, 2.05) is 27.2 Å². The number of hydrogen-bond acceptors (Lipinski definition) is 6. The monoisotopic (exact) mass is 737 g/mol. The van der Waals surface area contributed by atoms with E-state index in [1.165, 1.54) is 64.2 Å². The summed E-state index contributed by atoms with van der Waals surface area (Å²) in [4.78, 5) is 25.2. The van der Waals surface area contributed by atoms with Crippen molar-refractivity contribution in [3.05, 3.63) is 60.8 Å². The van der Waals surface area contributed by atoms with Crippen molar-refractivity contribution < 1.29 is 32.9 Å². The van der Waals surface area contributed by atoms with Gasteiger partial charge in [0.2, 0.25) is 5.91 Å². The Balaban J connectivity index is 4.48. The van der Waals surface area contributed by atoms with Crippen LogP contribution in [0.2, 0.25) is 0 Å². The molecule has 0 saturated heterocycles. The Kier molecular flexibility index (Phi) is 32.8. The maximum atomic E-state index is 12.8. The van der Waals surface area contributed by atoms with Crippen molar-refractivity contribution in [2.75, 3.05) is 40.9 Å². The fourth-order valence-corrected chi connectivity index (χ4v) is 5.89. The third-order valence-electron chi connectivity index (χ3n) is 8.45. The van der Waals surface area contributed by atoms with Crippen LogP contribution in [-0.2, 0) is 18.4 Å². The first kappa shape index (κ1) is 49.2. The molecule has 0 bridgehead atoms. The number of aliphatic hydroxyl groups excluding tert-OH is 1. The predicted octanol–water partition coefficient (Wildman–Crippen LogP) is 10.1. The third-order valence-corrected chi connectivity index (χ3v) is 9.41. The molecule has 296 valence electrons. The molecule has 0 aliphatic carbocycles. The van der Waals surface area contributed by atoms with Crippen molar-refractivity contribution in [2.24, 2.45) is 0 Å². The molecule has 0 aromatic heterocycles. The minimum absolute atomic E-state index is 0.0122. The summed E-state index contributed by atoms with van der Waals surface area (Å²) >= 11 is 0. The number of quaternary nitrogens is 1. The Morgan fingerprint density at radius 1 is 0.686 bits per heavy atom. The van der Waals surface area contributed by atoms with Crippen LogP contribution >= 0.6 is 7.82 Å². The normalized spacial score (nSPS) is 15.2. The van der Waals surface area contributed by atoms with E-state index in [4.69, 9.17) is 9.05 Å². The molecule has 0 aromatic rings. The number of phosphoric ester groups is 1. The molecule has 0 rings (SSSR count). The second kappa shape index (κ2) is 34.0. The number of allylic oxidation sites excluding steroid dienone is 9. The van der Waals surface area contributed by atoms with Crippen LogP contribution in [0.5, 0.6) is 0 Å². The van der Waals surface area contributed by atoms with Gasteiger partial charge in [-0.2, -0.15) is 0 Å². The summed E-state index contributed by atoms with van der Waals surface area (Å²) in [6.45, 7) is 4.52. The zero-order valence-corrected chi connectivity index (χ0v) is 34.2. The fourth-order valence-electron chi connectivity index (χ4n) is 5.17. The Morgan fingerprint density at radius 3 is 1.76 bits per heavy atom. The van der Waals surface area contributed by atoms with Gasteiger partial charge in [0.05, 0.1) is 39.9 Å². The number of aliphatic hydroxyl groups is 1. The quantitative estimate of drug-likeness (QED) is 0.0290. The first-order valence-corrected chi connectivity index (χ1v) is 21.6. The van der Waals surface area contributed by atoms with E-state index in [-0.39, 0.29) is 12.5 Å². The minimum Gasteiger partial charge on any atom is -0.756 e. The smallest absolute Gasteiger partial charge is 0.268 e. The number of nitrogens with one attached hydrogen (secondary N) is 1. The number of hydrogen-bond donors (Lipinski definition) is 2. The van der Waals surface area contributed by atoms with Crippen LogP contribution < -0.4 is 10.2 Å². The molecule has 0 saturated carbocycles. The molecule has 0 aromatic carbocycles. The lowest BCUT2D eigenvalue weighted by molar-refractivity contribution is -0.870. The third kappa shape index (κ3) is 36.4. The van der Waals surface area contributed by atoms with Crippen LogP contribution in [0.1, 0.15) is 149 Å². The Hall–Kier alpha value is -1.80. The van der Waals surface area contributed by atoms with Gasteiger partial charge in [-0.3, -0.25) is 9.36 Å². The van der Waals surface area contributed by atoms with E-state index in [0.29, 0.717) is 17.4 Å². The van der Waals surface area contributed by atoms with Crippen molar-refractivity contribution >= 4 is 13.7 Å². The number of rotatable bonds is 35. The van der Waals surface area contributed by atoms with Crippen LogP contribution in [0, 0.1) is 0 Å². The van der Waals surface area contributed by atoms with E-state index in [0.717, 1.165) is 64.2 Å². The summed E-state index contributed by atoms with van der Waals surface area (Å²) < 4.78 is 23.1. The van der Waals surface area contributed by atoms with Gasteiger partial charge in [0.15, 0.2) is 0 Å². The minimum atomic E-state index is -4.59. The molecular weight excluding hydrogens is 659 g/mol. The number of carbonyl (C=O) groups is 1. The Labute approximate surface area is 313 Å². The van der Waals surface area contributed by atoms with Crippen LogP contribution in [0.4, 0.5) is 0 Å². The summed E-state index contributed by atoms with van der Waals surface area (Å²) in [7, 11) is 1.22. The van der Waals surface area contributed by atoms with Crippen LogP contribution in [0.15, 0.2) is 60.8 Å². The van der Waals surface area contributed by atoms with Crippen molar-refractivity contribution in [3.63, 3.8) is 0 Å². The number of likely N-dealkylation sites (N-methyl/N-ethyl adjacent to an activating group) is 1. The standard InChI is InChI=1S/C42H77N2O6P/c1-6-8-10-12-14-16-18-19-20-21-22-23-24-25-26-28-30-32-34-36-42(46)43-40(39-50-51(47,48)49-38-37-44(3,4)5)41(45)35-33-31-29-27-17-15-13-11-9-7-2/h14,16-17,19-20,22-23,27,33,35,40-41,45H,6-13,15,18,21,24-26,28-32,34,36-39H2,1-5H3,(H-,43,46,47,48)/b16-14-,20-19-,23-22-,27-17+,35-33+. The van der Waals surface area contributed by atoms with E-state index >= 15 is 0 Å². The van der Waals surface area contributed by atoms with Crippen molar-refractivity contribution in [3.8, 4) is 0 Å². The fraction of sp³-hybridized carbons (Fsp3) is 0.738. The molecular formula is C42H77N2O6P.